The number of aliphatic carboxylic acids is 1. The molecular formula is C32H26F3N5O5. The van der Waals surface area contributed by atoms with Crippen LogP contribution in [0.2, 0.25) is 0 Å². The molecule has 1 atom stereocenters. The summed E-state index contributed by atoms with van der Waals surface area (Å²) in [5, 5.41) is 24.8. The molecule has 45 heavy (non-hydrogen) atoms. The molecule has 1 aromatic heterocycles. The molecule has 0 aliphatic carbocycles. The maximum absolute atomic E-state index is 13.4. The van der Waals surface area contributed by atoms with E-state index in [0.29, 0.717) is 34.3 Å². The van der Waals surface area contributed by atoms with Gasteiger partial charge in [0.25, 0.3) is 5.91 Å². The molecular weight excluding hydrogens is 591 g/mol. The van der Waals surface area contributed by atoms with Crippen molar-refractivity contribution in [2.45, 2.75) is 25.0 Å². The van der Waals surface area contributed by atoms with E-state index in [1.54, 1.807) is 36.4 Å². The summed E-state index contributed by atoms with van der Waals surface area (Å²) in [6, 6.07) is 31.2. The smallest absolute Gasteiger partial charge is 0.475 e. The highest BCUT2D eigenvalue weighted by molar-refractivity contribution is 6.00. The lowest BCUT2D eigenvalue weighted by molar-refractivity contribution is -0.192. The maximum Gasteiger partial charge on any atom is 0.490 e. The Balaban J connectivity index is 0.000000515. The number of carbonyl (C=O) groups is 3. The lowest BCUT2D eigenvalue weighted by Gasteiger charge is -2.35. The summed E-state index contributed by atoms with van der Waals surface area (Å²) in [7, 11) is 0. The fourth-order valence-corrected chi connectivity index (χ4v) is 4.89. The first-order chi connectivity index (χ1) is 21.5. The van der Waals surface area contributed by atoms with Crippen LogP contribution in [0.3, 0.4) is 0 Å². The Morgan fingerprint density at radius 3 is 2.13 bits per heavy atom. The van der Waals surface area contributed by atoms with Crippen LogP contribution in [-0.2, 0) is 23.6 Å². The van der Waals surface area contributed by atoms with Gasteiger partial charge in [0.1, 0.15) is 0 Å². The molecule has 2 heterocycles. The molecule has 3 amide bonds. The van der Waals surface area contributed by atoms with E-state index in [2.05, 4.69) is 20.6 Å². The molecule has 0 spiro atoms. The molecule has 4 aromatic carbocycles. The van der Waals surface area contributed by atoms with E-state index in [9.17, 15) is 27.9 Å². The van der Waals surface area contributed by atoms with Crippen LogP contribution in [0.1, 0.15) is 32.6 Å². The van der Waals surface area contributed by atoms with Gasteiger partial charge in [-0.2, -0.15) is 13.2 Å². The second kappa shape index (κ2) is 12.5. The quantitative estimate of drug-likeness (QED) is 0.173. The van der Waals surface area contributed by atoms with E-state index in [-0.39, 0.29) is 18.4 Å². The SMILES string of the molecule is O=C(NCc1ccccc1)Nc1nc2cc(C3(O)c4ccccc4C(=O)N3Cc3ccccc3)ccc2[nH]1.O=C(O)C(F)(F)F. The number of benzene rings is 4. The number of aromatic nitrogens is 2. The number of carbonyl (C=O) groups excluding carboxylic acids is 2. The number of carboxylic acid groups (broad SMARTS) is 1. The second-order valence-electron chi connectivity index (χ2n) is 10.0. The number of nitrogens with zero attached hydrogens (tertiary/aromatic N) is 2. The number of imidazole rings is 1. The molecule has 1 aliphatic heterocycles. The Hall–Kier alpha value is -5.69. The lowest BCUT2D eigenvalue weighted by Crippen LogP contribution is -2.44. The molecule has 1 aliphatic rings. The summed E-state index contributed by atoms with van der Waals surface area (Å²) >= 11 is 0. The predicted molar refractivity (Wildman–Crippen MR) is 158 cm³/mol. The number of aliphatic hydroxyl groups is 1. The molecule has 0 radical (unpaired) electrons. The number of anilines is 1. The molecule has 0 saturated heterocycles. The van der Waals surface area contributed by atoms with Gasteiger partial charge in [0.15, 0.2) is 5.72 Å². The highest BCUT2D eigenvalue weighted by Gasteiger charge is 2.49. The average Bonchev–Trinajstić information content (AvgIpc) is 3.53. The van der Waals surface area contributed by atoms with Crippen molar-refractivity contribution in [2.24, 2.45) is 0 Å². The Morgan fingerprint density at radius 2 is 1.49 bits per heavy atom. The van der Waals surface area contributed by atoms with Gasteiger partial charge in [0.05, 0.1) is 11.0 Å². The van der Waals surface area contributed by atoms with E-state index in [4.69, 9.17) is 9.90 Å². The summed E-state index contributed by atoms with van der Waals surface area (Å²) in [5.74, 6) is -2.72. The van der Waals surface area contributed by atoms with Crippen LogP contribution in [-0.4, -0.2) is 49.2 Å². The largest absolute Gasteiger partial charge is 0.490 e. The molecule has 5 aromatic rings. The van der Waals surface area contributed by atoms with E-state index < -0.39 is 23.9 Å². The number of rotatable bonds is 6. The molecule has 10 nitrogen and oxygen atoms in total. The normalized spacial score (nSPS) is 15.6. The zero-order valence-corrected chi connectivity index (χ0v) is 23.4. The van der Waals surface area contributed by atoms with Gasteiger partial charge < -0.3 is 20.5 Å². The van der Waals surface area contributed by atoms with Crippen LogP contribution in [0.15, 0.2) is 103 Å². The van der Waals surface area contributed by atoms with Crippen molar-refractivity contribution in [2.75, 3.05) is 5.32 Å². The monoisotopic (exact) mass is 617 g/mol. The summed E-state index contributed by atoms with van der Waals surface area (Å²) in [4.78, 5) is 43.8. The van der Waals surface area contributed by atoms with Gasteiger partial charge in [0.2, 0.25) is 5.95 Å². The van der Waals surface area contributed by atoms with Crippen molar-refractivity contribution in [3.63, 3.8) is 0 Å². The molecule has 13 heteroatoms. The van der Waals surface area contributed by atoms with Crippen LogP contribution in [0.4, 0.5) is 23.9 Å². The third-order valence-electron chi connectivity index (χ3n) is 7.01. The second-order valence-corrected chi connectivity index (χ2v) is 10.0. The molecule has 5 N–H and O–H groups in total. The highest BCUT2D eigenvalue weighted by atomic mass is 19.4. The zero-order chi connectivity index (χ0) is 32.2. The minimum Gasteiger partial charge on any atom is -0.475 e. The fourth-order valence-electron chi connectivity index (χ4n) is 4.89. The van der Waals surface area contributed by atoms with Gasteiger partial charge >= 0.3 is 18.2 Å². The fraction of sp³-hybridized carbons (Fsp3) is 0.125. The number of carboxylic acids is 1. The maximum atomic E-state index is 13.4. The number of hydrogen-bond donors (Lipinski definition) is 5. The van der Waals surface area contributed by atoms with E-state index >= 15 is 0 Å². The van der Waals surface area contributed by atoms with Gasteiger partial charge in [-0.15, -0.1) is 0 Å². The summed E-state index contributed by atoms with van der Waals surface area (Å²) < 4.78 is 31.7. The van der Waals surface area contributed by atoms with Crippen molar-refractivity contribution >= 4 is 34.9 Å². The standard InChI is InChI=1S/C30H25N5O3.C2HF3O2/c36-27-23-13-7-8-14-24(23)30(38,35(27)19-21-11-5-2-6-12-21)22-15-16-25-26(17-22)33-28(32-25)34-29(37)31-18-20-9-3-1-4-10-20;3-2(4,5)1(6)7/h1-17,38H,18-19H2,(H3,31,32,33,34,37);(H,6,7). The van der Waals surface area contributed by atoms with E-state index in [1.165, 1.54) is 4.90 Å². The number of urea groups is 1. The van der Waals surface area contributed by atoms with Crippen molar-refractivity contribution in [3.05, 3.63) is 131 Å². The molecule has 230 valence electrons. The Morgan fingerprint density at radius 1 is 0.889 bits per heavy atom. The average molecular weight is 618 g/mol. The van der Waals surface area contributed by atoms with E-state index in [0.717, 1.165) is 11.1 Å². The Labute approximate surface area is 254 Å². The van der Waals surface area contributed by atoms with Gasteiger partial charge in [-0.1, -0.05) is 84.9 Å². The first-order valence-corrected chi connectivity index (χ1v) is 13.5. The number of H-pyrrole nitrogens is 1. The first kappa shape index (κ1) is 30.8. The third-order valence-corrected chi connectivity index (χ3v) is 7.01. The van der Waals surface area contributed by atoms with Crippen LogP contribution < -0.4 is 10.6 Å². The van der Waals surface area contributed by atoms with Crippen molar-refractivity contribution in [3.8, 4) is 0 Å². The van der Waals surface area contributed by atoms with Crippen LogP contribution >= 0.6 is 0 Å². The Bertz CT molecular complexity index is 1850. The van der Waals surface area contributed by atoms with Crippen LogP contribution in [0, 0.1) is 0 Å². The first-order valence-electron chi connectivity index (χ1n) is 13.5. The van der Waals surface area contributed by atoms with Crippen LogP contribution in [0.25, 0.3) is 11.0 Å². The van der Waals surface area contributed by atoms with Gasteiger partial charge in [0, 0.05) is 29.8 Å². The van der Waals surface area contributed by atoms with Crippen molar-refractivity contribution in [1.29, 1.82) is 0 Å². The molecule has 1 unspecified atom stereocenters. The van der Waals surface area contributed by atoms with Gasteiger partial charge in [-0.3, -0.25) is 15.0 Å². The van der Waals surface area contributed by atoms with Crippen molar-refractivity contribution in [1.82, 2.24) is 20.2 Å². The zero-order valence-electron chi connectivity index (χ0n) is 23.4. The number of nitrogens with one attached hydrogen (secondary N) is 3. The van der Waals surface area contributed by atoms with Gasteiger partial charge in [-0.05, 0) is 29.3 Å². The number of aromatic amines is 1. The predicted octanol–water partition coefficient (Wildman–Crippen LogP) is 5.37. The number of fused-ring (bicyclic) bond motifs is 2. The van der Waals surface area contributed by atoms with Gasteiger partial charge in [-0.25, -0.2) is 14.6 Å². The molecule has 6 rings (SSSR count). The highest BCUT2D eigenvalue weighted by Crippen LogP contribution is 2.43. The summed E-state index contributed by atoms with van der Waals surface area (Å²) in [5.41, 5.74) is 2.93. The molecule has 0 bridgehead atoms. The Kier molecular flexibility index (Phi) is 8.55. The molecule has 0 saturated carbocycles. The topological polar surface area (TPSA) is 148 Å². The molecule has 0 fully saturated rings. The number of amides is 3. The number of hydrogen-bond acceptors (Lipinski definition) is 5. The summed E-state index contributed by atoms with van der Waals surface area (Å²) in [6.07, 6.45) is -5.08. The minimum absolute atomic E-state index is 0.234. The van der Waals surface area contributed by atoms with E-state index in [1.807, 2.05) is 66.7 Å². The number of alkyl halides is 3. The third kappa shape index (κ3) is 6.63. The van der Waals surface area contributed by atoms with Crippen LogP contribution in [0.5, 0.6) is 0 Å². The number of halogens is 3. The van der Waals surface area contributed by atoms with Crippen molar-refractivity contribution < 1.29 is 37.8 Å². The lowest BCUT2D eigenvalue weighted by atomic mass is 9.93. The summed E-state index contributed by atoms with van der Waals surface area (Å²) in [6.45, 7) is 0.618. The minimum atomic E-state index is -5.08.